The normalized spacial score (nSPS) is 16.2. The van der Waals surface area contributed by atoms with Crippen molar-refractivity contribution in [2.75, 3.05) is 25.5 Å². The minimum atomic E-state index is 0.0931. The van der Waals surface area contributed by atoms with Crippen LogP contribution < -0.4 is 5.32 Å². The number of hydrogen-bond acceptors (Lipinski definition) is 5. The molecule has 1 amide bonds. The third-order valence-electron chi connectivity index (χ3n) is 4.72. The number of nitrogens with zero attached hydrogens (tertiary/aromatic N) is 3. The largest absolute Gasteiger partial charge is 0.306 e. The molecule has 1 fully saturated rings. The first-order chi connectivity index (χ1) is 12.2. The van der Waals surface area contributed by atoms with Gasteiger partial charge in [-0.25, -0.2) is 4.98 Å². The van der Waals surface area contributed by atoms with Gasteiger partial charge in [0.2, 0.25) is 5.91 Å². The van der Waals surface area contributed by atoms with Crippen molar-refractivity contribution >= 4 is 32.6 Å². The third kappa shape index (κ3) is 3.55. The Morgan fingerprint density at radius 1 is 1.16 bits per heavy atom. The average Bonchev–Trinajstić information content (AvgIpc) is 3.04. The minimum absolute atomic E-state index is 0.0931. The van der Waals surface area contributed by atoms with E-state index in [1.54, 1.807) is 12.4 Å². The first-order valence-electron chi connectivity index (χ1n) is 8.49. The van der Waals surface area contributed by atoms with E-state index in [4.69, 9.17) is 0 Å². The fraction of sp³-hybridized carbons (Fsp3) is 0.316. The topological polar surface area (TPSA) is 58.1 Å². The van der Waals surface area contributed by atoms with Crippen LogP contribution in [0.5, 0.6) is 0 Å². The SMILES string of the molecule is CN1CCC(C(=O)Nc2nc3ccc(-c4ccncc4)cc3s2)CC1. The highest BCUT2D eigenvalue weighted by Crippen LogP contribution is 2.31. The van der Waals surface area contributed by atoms with Crippen molar-refractivity contribution in [1.29, 1.82) is 0 Å². The predicted octanol–water partition coefficient (Wildman–Crippen LogP) is 3.64. The fourth-order valence-electron chi connectivity index (χ4n) is 3.18. The Bertz CT molecular complexity index is 885. The molecule has 4 rings (SSSR count). The van der Waals surface area contributed by atoms with Crippen LogP contribution in [0.2, 0.25) is 0 Å². The van der Waals surface area contributed by atoms with Crippen LogP contribution in [-0.4, -0.2) is 40.9 Å². The molecule has 3 heterocycles. The second kappa shape index (κ2) is 6.90. The summed E-state index contributed by atoms with van der Waals surface area (Å²) in [6.07, 6.45) is 5.41. The number of nitrogens with one attached hydrogen (secondary N) is 1. The molecule has 0 atom stereocenters. The van der Waals surface area contributed by atoms with Crippen LogP contribution in [0.1, 0.15) is 12.8 Å². The summed E-state index contributed by atoms with van der Waals surface area (Å²) in [5.41, 5.74) is 3.18. The second-order valence-corrected chi connectivity index (χ2v) is 7.53. The number of carbonyl (C=O) groups is 1. The maximum absolute atomic E-state index is 12.5. The number of pyridine rings is 1. The molecule has 1 aliphatic rings. The average molecular weight is 352 g/mol. The van der Waals surface area contributed by atoms with Crippen molar-refractivity contribution in [1.82, 2.24) is 14.9 Å². The summed E-state index contributed by atoms with van der Waals surface area (Å²) in [5.74, 6) is 0.192. The molecule has 2 aromatic heterocycles. The Morgan fingerprint density at radius 2 is 1.92 bits per heavy atom. The summed E-state index contributed by atoms with van der Waals surface area (Å²) in [5, 5.41) is 3.70. The number of benzene rings is 1. The number of rotatable bonds is 3. The van der Waals surface area contributed by atoms with E-state index in [1.807, 2.05) is 18.2 Å². The lowest BCUT2D eigenvalue weighted by molar-refractivity contribution is -0.121. The van der Waals surface area contributed by atoms with Gasteiger partial charge in [0, 0.05) is 18.3 Å². The maximum atomic E-state index is 12.5. The van der Waals surface area contributed by atoms with E-state index in [0.717, 1.165) is 47.3 Å². The quantitative estimate of drug-likeness (QED) is 0.782. The van der Waals surface area contributed by atoms with Crippen molar-refractivity contribution in [2.24, 2.45) is 5.92 Å². The highest BCUT2D eigenvalue weighted by molar-refractivity contribution is 7.22. The van der Waals surface area contributed by atoms with E-state index < -0.39 is 0 Å². The molecular weight excluding hydrogens is 332 g/mol. The van der Waals surface area contributed by atoms with Gasteiger partial charge in [-0.15, -0.1) is 0 Å². The highest BCUT2D eigenvalue weighted by atomic mass is 32.1. The lowest BCUT2D eigenvalue weighted by atomic mass is 9.96. The molecule has 1 saturated heterocycles. The number of anilines is 1. The Hall–Kier alpha value is -2.31. The number of piperidine rings is 1. The molecule has 25 heavy (non-hydrogen) atoms. The van der Waals surface area contributed by atoms with Gasteiger partial charge in [-0.3, -0.25) is 9.78 Å². The molecule has 128 valence electrons. The van der Waals surface area contributed by atoms with Crippen molar-refractivity contribution in [3.05, 3.63) is 42.7 Å². The van der Waals surface area contributed by atoms with Crippen LogP contribution in [0, 0.1) is 5.92 Å². The lowest BCUT2D eigenvalue weighted by Gasteiger charge is -2.27. The number of thiazole rings is 1. The zero-order chi connectivity index (χ0) is 17.2. The van der Waals surface area contributed by atoms with E-state index in [2.05, 4.69) is 39.4 Å². The Kier molecular flexibility index (Phi) is 4.46. The predicted molar refractivity (Wildman–Crippen MR) is 102 cm³/mol. The van der Waals surface area contributed by atoms with Crippen molar-refractivity contribution in [3.8, 4) is 11.1 Å². The van der Waals surface area contributed by atoms with Crippen LogP contribution in [0.15, 0.2) is 42.7 Å². The molecule has 6 heteroatoms. The number of hydrogen-bond donors (Lipinski definition) is 1. The van der Waals surface area contributed by atoms with E-state index in [0.29, 0.717) is 5.13 Å². The van der Waals surface area contributed by atoms with Crippen molar-refractivity contribution in [2.45, 2.75) is 12.8 Å². The maximum Gasteiger partial charge on any atom is 0.229 e. The molecule has 0 saturated carbocycles. The van der Waals surface area contributed by atoms with Crippen LogP contribution >= 0.6 is 11.3 Å². The molecule has 0 bridgehead atoms. The summed E-state index contributed by atoms with van der Waals surface area (Å²) in [6, 6.07) is 10.2. The Morgan fingerprint density at radius 3 is 2.68 bits per heavy atom. The smallest absolute Gasteiger partial charge is 0.229 e. The zero-order valence-corrected chi connectivity index (χ0v) is 14.9. The van der Waals surface area contributed by atoms with Crippen molar-refractivity contribution < 1.29 is 4.79 Å². The van der Waals surface area contributed by atoms with E-state index in [-0.39, 0.29) is 11.8 Å². The van der Waals surface area contributed by atoms with Gasteiger partial charge in [-0.1, -0.05) is 17.4 Å². The van der Waals surface area contributed by atoms with Crippen LogP contribution in [-0.2, 0) is 4.79 Å². The molecule has 1 N–H and O–H groups in total. The van der Waals surface area contributed by atoms with Gasteiger partial charge in [-0.05, 0) is 68.4 Å². The van der Waals surface area contributed by atoms with Crippen molar-refractivity contribution in [3.63, 3.8) is 0 Å². The monoisotopic (exact) mass is 352 g/mol. The number of amides is 1. The standard InChI is InChI=1S/C19H20N4OS/c1-23-10-6-14(7-11-23)18(24)22-19-21-16-3-2-15(12-17(16)25-19)13-4-8-20-9-5-13/h2-5,8-9,12,14H,6-7,10-11H2,1H3,(H,21,22,24). The van der Waals surface area contributed by atoms with Gasteiger partial charge in [0.1, 0.15) is 0 Å². The van der Waals surface area contributed by atoms with Crippen LogP contribution in [0.25, 0.3) is 21.3 Å². The summed E-state index contributed by atoms with van der Waals surface area (Å²) in [6.45, 7) is 1.96. The van der Waals surface area contributed by atoms with E-state index in [9.17, 15) is 4.79 Å². The van der Waals surface area contributed by atoms with Gasteiger partial charge in [0.05, 0.1) is 10.2 Å². The van der Waals surface area contributed by atoms with Gasteiger partial charge in [0.25, 0.3) is 0 Å². The van der Waals surface area contributed by atoms with Gasteiger partial charge in [0.15, 0.2) is 5.13 Å². The number of fused-ring (bicyclic) bond motifs is 1. The fourth-order valence-corrected chi connectivity index (χ4v) is 4.09. The number of carbonyl (C=O) groups excluding carboxylic acids is 1. The van der Waals surface area contributed by atoms with E-state index >= 15 is 0 Å². The lowest BCUT2D eigenvalue weighted by Crippen LogP contribution is -2.35. The molecule has 1 aliphatic heterocycles. The summed E-state index contributed by atoms with van der Waals surface area (Å²) < 4.78 is 1.08. The molecule has 1 aromatic carbocycles. The van der Waals surface area contributed by atoms with Gasteiger partial charge >= 0.3 is 0 Å². The second-order valence-electron chi connectivity index (χ2n) is 6.50. The van der Waals surface area contributed by atoms with Gasteiger partial charge in [-0.2, -0.15) is 0 Å². The number of aromatic nitrogens is 2. The molecule has 3 aromatic rings. The molecule has 0 spiro atoms. The minimum Gasteiger partial charge on any atom is -0.306 e. The molecule has 0 radical (unpaired) electrons. The summed E-state index contributed by atoms with van der Waals surface area (Å²) in [7, 11) is 2.10. The zero-order valence-electron chi connectivity index (χ0n) is 14.1. The molecule has 0 unspecified atom stereocenters. The van der Waals surface area contributed by atoms with Crippen LogP contribution in [0.3, 0.4) is 0 Å². The third-order valence-corrected chi connectivity index (χ3v) is 5.66. The highest BCUT2D eigenvalue weighted by Gasteiger charge is 2.24. The molecule has 5 nitrogen and oxygen atoms in total. The molecule has 0 aliphatic carbocycles. The summed E-state index contributed by atoms with van der Waals surface area (Å²) in [4.78, 5) is 23.4. The van der Waals surface area contributed by atoms with Crippen LogP contribution in [0.4, 0.5) is 5.13 Å². The Labute approximate surface area is 150 Å². The van der Waals surface area contributed by atoms with E-state index in [1.165, 1.54) is 11.3 Å². The first-order valence-corrected chi connectivity index (χ1v) is 9.31. The molecular formula is C19H20N4OS. The number of likely N-dealkylation sites (tertiary alicyclic amines) is 1. The van der Waals surface area contributed by atoms with Gasteiger partial charge < -0.3 is 10.2 Å². The summed E-state index contributed by atoms with van der Waals surface area (Å²) >= 11 is 1.53. The first kappa shape index (κ1) is 16.2. The Balaban J connectivity index is 1.52.